The summed E-state index contributed by atoms with van der Waals surface area (Å²) >= 11 is 4.20. The molecule has 0 aromatic heterocycles. The fourth-order valence-electron chi connectivity index (χ4n) is 1.11. The van der Waals surface area contributed by atoms with Crippen LogP contribution in [0.2, 0.25) is 0 Å². The van der Waals surface area contributed by atoms with E-state index in [1.807, 2.05) is 0 Å². The van der Waals surface area contributed by atoms with Crippen LogP contribution in [0.25, 0.3) is 0 Å². The first-order valence-electron chi connectivity index (χ1n) is 5.56. The van der Waals surface area contributed by atoms with Crippen molar-refractivity contribution in [3.63, 3.8) is 0 Å². The van der Waals surface area contributed by atoms with Gasteiger partial charge in [0.05, 0.1) is 26.4 Å². The van der Waals surface area contributed by atoms with Gasteiger partial charge in [-0.2, -0.15) is 12.6 Å². The molecule has 0 aromatic rings. The van der Waals surface area contributed by atoms with Crippen molar-refractivity contribution in [1.29, 1.82) is 0 Å². The van der Waals surface area contributed by atoms with Crippen molar-refractivity contribution in [1.82, 2.24) is 0 Å². The first-order chi connectivity index (χ1) is 7.31. The molecular weight excluding hydrogens is 212 g/mol. The van der Waals surface area contributed by atoms with Crippen LogP contribution in [-0.2, 0) is 14.2 Å². The Bertz CT molecular complexity index is 122. The van der Waals surface area contributed by atoms with Gasteiger partial charge in [0.2, 0.25) is 0 Å². The lowest BCUT2D eigenvalue weighted by molar-refractivity contribution is 0.0222. The van der Waals surface area contributed by atoms with Crippen molar-refractivity contribution >= 4 is 12.6 Å². The molecule has 0 aliphatic carbocycles. The van der Waals surface area contributed by atoms with Crippen molar-refractivity contribution in [2.45, 2.75) is 19.8 Å². The number of methoxy groups -OCH3 is 1. The molecule has 1 unspecified atom stereocenters. The lowest BCUT2D eigenvalue weighted by Crippen LogP contribution is -2.10. The summed E-state index contributed by atoms with van der Waals surface area (Å²) in [4.78, 5) is 0. The topological polar surface area (TPSA) is 27.7 Å². The Hall–Kier alpha value is 0.230. The molecule has 0 amide bonds. The van der Waals surface area contributed by atoms with Gasteiger partial charge in [0, 0.05) is 13.7 Å². The molecular formula is C11H24O3S. The third-order valence-corrected chi connectivity index (χ3v) is 2.44. The van der Waals surface area contributed by atoms with Crippen LogP contribution in [0.15, 0.2) is 0 Å². The van der Waals surface area contributed by atoms with Crippen molar-refractivity contribution in [3.8, 4) is 0 Å². The Kier molecular flexibility index (Phi) is 12.5. The van der Waals surface area contributed by atoms with E-state index in [-0.39, 0.29) is 0 Å². The fraction of sp³-hybridized carbons (Fsp3) is 1.00. The average molecular weight is 236 g/mol. The molecule has 0 fully saturated rings. The highest BCUT2D eigenvalue weighted by Crippen LogP contribution is 2.07. The van der Waals surface area contributed by atoms with E-state index < -0.39 is 0 Å². The zero-order valence-corrected chi connectivity index (χ0v) is 10.8. The zero-order chi connectivity index (χ0) is 11.4. The van der Waals surface area contributed by atoms with E-state index in [0.717, 1.165) is 25.2 Å². The molecule has 0 heterocycles. The van der Waals surface area contributed by atoms with Gasteiger partial charge in [-0.05, 0) is 24.5 Å². The summed E-state index contributed by atoms with van der Waals surface area (Å²) in [5.41, 5.74) is 0. The predicted octanol–water partition coefficient (Wildman–Crippen LogP) is 2.01. The third kappa shape index (κ3) is 12.2. The molecule has 1 atom stereocenters. The summed E-state index contributed by atoms with van der Waals surface area (Å²) in [5.74, 6) is 1.67. The molecule has 0 aliphatic heterocycles. The van der Waals surface area contributed by atoms with E-state index in [1.165, 1.54) is 0 Å². The SMILES string of the molecule is COCCOCCOCCC(C)CCS. The van der Waals surface area contributed by atoms with Crippen LogP contribution in [0.1, 0.15) is 19.8 Å². The Balaban J connectivity index is 2.98. The molecule has 3 nitrogen and oxygen atoms in total. The number of ether oxygens (including phenoxy) is 3. The lowest BCUT2D eigenvalue weighted by atomic mass is 10.1. The first kappa shape index (κ1) is 15.2. The molecule has 0 N–H and O–H groups in total. The molecule has 0 aliphatic rings. The second-order valence-corrected chi connectivity index (χ2v) is 4.07. The maximum atomic E-state index is 5.44. The molecule has 0 spiro atoms. The highest BCUT2D eigenvalue weighted by molar-refractivity contribution is 7.80. The quantitative estimate of drug-likeness (QED) is 0.439. The summed E-state index contributed by atoms with van der Waals surface area (Å²) in [7, 11) is 1.67. The molecule has 0 radical (unpaired) electrons. The van der Waals surface area contributed by atoms with E-state index in [9.17, 15) is 0 Å². The number of hydrogen-bond acceptors (Lipinski definition) is 4. The second kappa shape index (κ2) is 12.3. The van der Waals surface area contributed by atoms with Crippen molar-refractivity contribution < 1.29 is 14.2 Å². The van der Waals surface area contributed by atoms with Crippen molar-refractivity contribution in [2.24, 2.45) is 5.92 Å². The first-order valence-corrected chi connectivity index (χ1v) is 6.19. The van der Waals surface area contributed by atoms with Gasteiger partial charge in [-0.1, -0.05) is 6.92 Å². The molecule has 4 heteroatoms. The minimum Gasteiger partial charge on any atom is -0.382 e. The normalized spacial score (nSPS) is 13.0. The van der Waals surface area contributed by atoms with Gasteiger partial charge < -0.3 is 14.2 Å². The van der Waals surface area contributed by atoms with Gasteiger partial charge >= 0.3 is 0 Å². The Labute approximate surface area is 98.9 Å². The fourth-order valence-corrected chi connectivity index (χ4v) is 1.55. The van der Waals surface area contributed by atoms with Gasteiger partial charge in [0.25, 0.3) is 0 Å². The average Bonchev–Trinajstić information content (AvgIpc) is 2.22. The van der Waals surface area contributed by atoms with Gasteiger partial charge in [-0.25, -0.2) is 0 Å². The van der Waals surface area contributed by atoms with Gasteiger partial charge in [0.15, 0.2) is 0 Å². The lowest BCUT2D eigenvalue weighted by Gasteiger charge is -2.10. The molecule has 0 aromatic carbocycles. The van der Waals surface area contributed by atoms with Crippen molar-refractivity contribution in [2.75, 3.05) is 45.9 Å². The number of thiol groups is 1. The minimum absolute atomic E-state index is 0.649. The van der Waals surface area contributed by atoms with Crippen LogP contribution in [0.4, 0.5) is 0 Å². The van der Waals surface area contributed by atoms with Crippen LogP contribution in [0, 0.1) is 5.92 Å². The Morgan fingerprint density at radius 3 is 2.13 bits per heavy atom. The number of hydrogen-bond donors (Lipinski definition) is 1. The summed E-state index contributed by atoms with van der Waals surface area (Å²) in [5, 5.41) is 0. The summed E-state index contributed by atoms with van der Waals surface area (Å²) in [6.45, 7) is 5.69. The van der Waals surface area contributed by atoms with Crippen LogP contribution < -0.4 is 0 Å². The number of rotatable bonds is 11. The standard InChI is InChI=1S/C11H24O3S/c1-11(4-10-15)3-5-13-8-9-14-7-6-12-2/h11,15H,3-10H2,1-2H3. The summed E-state index contributed by atoms with van der Waals surface area (Å²) in [6, 6.07) is 0. The summed E-state index contributed by atoms with van der Waals surface area (Å²) < 4.78 is 15.6. The van der Waals surface area contributed by atoms with Gasteiger partial charge in [-0.3, -0.25) is 0 Å². The van der Waals surface area contributed by atoms with Gasteiger partial charge in [0.1, 0.15) is 0 Å². The molecule has 0 bridgehead atoms. The third-order valence-electron chi connectivity index (χ3n) is 2.18. The Morgan fingerprint density at radius 1 is 0.933 bits per heavy atom. The van der Waals surface area contributed by atoms with E-state index in [0.29, 0.717) is 32.3 Å². The van der Waals surface area contributed by atoms with E-state index in [1.54, 1.807) is 7.11 Å². The van der Waals surface area contributed by atoms with Gasteiger partial charge in [-0.15, -0.1) is 0 Å². The highest BCUT2D eigenvalue weighted by atomic mass is 32.1. The van der Waals surface area contributed by atoms with Crippen LogP contribution in [-0.4, -0.2) is 45.9 Å². The smallest absolute Gasteiger partial charge is 0.0701 e. The summed E-state index contributed by atoms with van der Waals surface area (Å²) in [6.07, 6.45) is 2.27. The van der Waals surface area contributed by atoms with Crippen molar-refractivity contribution in [3.05, 3.63) is 0 Å². The van der Waals surface area contributed by atoms with E-state index >= 15 is 0 Å². The van der Waals surface area contributed by atoms with Crippen LogP contribution in [0.3, 0.4) is 0 Å². The van der Waals surface area contributed by atoms with E-state index in [4.69, 9.17) is 14.2 Å². The maximum Gasteiger partial charge on any atom is 0.0701 e. The maximum absolute atomic E-state index is 5.44. The minimum atomic E-state index is 0.649. The second-order valence-electron chi connectivity index (χ2n) is 3.62. The van der Waals surface area contributed by atoms with E-state index in [2.05, 4.69) is 19.6 Å². The molecule has 0 saturated heterocycles. The monoisotopic (exact) mass is 236 g/mol. The molecule has 92 valence electrons. The highest BCUT2D eigenvalue weighted by Gasteiger charge is 2.00. The van der Waals surface area contributed by atoms with Crippen LogP contribution in [0.5, 0.6) is 0 Å². The Morgan fingerprint density at radius 2 is 1.53 bits per heavy atom. The molecule has 15 heavy (non-hydrogen) atoms. The molecule has 0 saturated carbocycles. The predicted molar refractivity (Wildman–Crippen MR) is 65.8 cm³/mol. The van der Waals surface area contributed by atoms with Crippen LogP contribution >= 0.6 is 12.6 Å². The zero-order valence-electron chi connectivity index (χ0n) is 9.91. The largest absolute Gasteiger partial charge is 0.382 e. The molecule has 0 rings (SSSR count).